The minimum atomic E-state index is -0.185. The van der Waals surface area contributed by atoms with Gasteiger partial charge in [0.2, 0.25) is 0 Å². The van der Waals surface area contributed by atoms with Gasteiger partial charge in [0.25, 0.3) is 5.56 Å². The third kappa shape index (κ3) is 3.68. The van der Waals surface area contributed by atoms with Crippen molar-refractivity contribution in [3.8, 4) is 22.9 Å². The van der Waals surface area contributed by atoms with Crippen LogP contribution in [-0.2, 0) is 6.61 Å². The predicted molar refractivity (Wildman–Crippen MR) is 108 cm³/mol. The van der Waals surface area contributed by atoms with E-state index in [4.69, 9.17) is 21.1 Å². The lowest BCUT2D eigenvalue weighted by molar-refractivity contribution is 0.284. The van der Waals surface area contributed by atoms with E-state index >= 15 is 0 Å². The SMILES string of the molecule is COc1cc(-c2nc3ccccc3c(=O)[nH]2)ccc1OCc1ccc(Cl)nc1. The molecule has 4 aromatic rings. The first-order valence-corrected chi connectivity index (χ1v) is 8.92. The molecule has 28 heavy (non-hydrogen) atoms. The Labute approximate surface area is 165 Å². The van der Waals surface area contributed by atoms with Crippen LogP contribution in [0.4, 0.5) is 0 Å². The third-order valence-corrected chi connectivity index (χ3v) is 4.46. The van der Waals surface area contributed by atoms with Gasteiger partial charge in [0, 0.05) is 17.3 Å². The molecule has 0 unspecified atom stereocenters. The summed E-state index contributed by atoms with van der Waals surface area (Å²) < 4.78 is 11.3. The number of halogens is 1. The number of nitrogens with one attached hydrogen (secondary N) is 1. The summed E-state index contributed by atoms with van der Waals surface area (Å²) in [6.07, 6.45) is 1.66. The van der Waals surface area contributed by atoms with Crippen molar-refractivity contribution >= 4 is 22.5 Å². The molecule has 7 heteroatoms. The Bertz CT molecular complexity index is 1190. The van der Waals surface area contributed by atoms with E-state index in [0.29, 0.717) is 40.0 Å². The van der Waals surface area contributed by atoms with Gasteiger partial charge in [-0.3, -0.25) is 4.79 Å². The van der Waals surface area contributed by atoms with Gasteiger partial charge >= 0.3 is 0 Å². The summed E-state index contributed by atoms with van der Waals surface area (Å²) in [6, 6.07) is 16.2. The topological polar surface area (TPSA) is 77.1 Å². The Morgan fingerprint density at radius 1 is 1.07 bits per heavy atom. The van der Waals surface area contributed by atoms with Crippen LogP contribution in [0.5, 0.6) is 11.5 Å². The van der Waals surface area contributed by atoms with Gasteiger partial charge in [0.05, 0.1) is 18.0 Å². The van der Waals surface area contributed by atoms with Crippen molar-refractivity contribution in [3.63, 3.8) is 0 Å². The number of hydrogen-bond donors (Lipinski definition) is 1. The van der Waals surface area contributed by atoms with Crippen LogP contribution in [0.25, 0.3) is 22.3 Å². The molecule has 1 N–H and O–H groups in total. The molecular weight excluding hydrogens is 378 g/mol. The zero-order valence-electron chi connectivity index (χ0n) is 15.0. The average Bonchev–Trinajstić information content (AvgIpc) is 2.73. The molecule has 2 heterocycles. The molecule has 0 spiro atoms. The molecule has 0 saturated carbocycles. The number of rotatable bonds is 5. The quantitative estimate of drug-likeness (QED) is 0.513. The normalized spacial score (nSPS) is 10.8. The average molecular weight is 394 g/mol. The maximum atomic E-state index is 12.3. The minimum absolute atomic E-state index is 0.185. The van der Waals surface area contributed by atoms with Gasteiger partial charge in [0.15, 0.2) is 11.5 Å². The molecule has 0 radical (unpaired) electrons. The van der Waals surface area contributed by atoms with Crippen molar-refractivity contribution in [2.45, 2.75) is 6.61 Å². The number of aromatic amines is 1. The Kier molecular flexibility index (Phi) is 4.95. The van der Waals surface area contributed by atoms with E-state index in [-0.39, 0.29) is 5.56 Å². The summed E-state index contributed by atoms with van der Waals surface area (Å²) in [5, 5.41) is 0.984. The maximum absolute atomic E-state index is 12.3. The highest BCUT2D eigenvalue weighted by atomic mass is 35.5. The van der Waals surface area contributed by atoms with Gasteiger partial charge in [-0.05, 0) is 36.4 Å². The third-order valence-electron chi connectivity index (χ3n) is 4.23. The number of para-hydroxylation sites is 1. The molecule has 140 valence electrons. The van der Waals surface area contributed by atoms with Gasteiger partial charge in [-0.2, -0.15) is 0 Å². The molecule has 2 aromatic heterocycles. The molecule has 6 nitrogen and oxygen atoms in total. The van der Waals surface area contributed by atoms with Crippen LogP contribution in [0, 0.1) is 0 Å². The second kappa shape index (κ2) is 7.70. The molecule has 0 saturated heterocycles. The summed E-state index contributed by atoms with van der Waals surface area (Å²) in [5.41, 5.74) is 2.06. The van der Waals surface area contributed by atoms with Gasteiger partial charge < -0.3 is 14.5 Å². The lowest BCUT2D eigenvalue weighted by Crippen LogP contribution is -2.09. The van der Waals surface area contributed by atoms with Crippen LogP contribution < -0.4 is 15.0 Å². The van der Waals surface area contributed by atoms with Crippen molar-refractivity contribution in [1.29, 1.82) is 0 Å². The van der Waals surface area contributed by atoms with E-state index in [1.807, 2.05) is 30.3 Å². The predicted octanol–water partition coefficient (Wildman–Crippen LogP) is 4.23. The lowest BCUT2D eigenvalue weighted by Gasteiger charge is -2.12. The monoisotopic (exact) mass is 393 g/mol. The van der Waals surface area contributed by atoms with Crippen molar-refractivity contribution in [2.75, 3.05) is 7.11 Å². The number of methoxy groups -OCH3 is 1. The number of benzene rings is 2. The Morgan fingerprint density at radius 3 is 2.71 bits per heavy atom. The van der Waals surface area contributed by atoms with Crippen LogP contribution in [0.2, 0.25) is 5.15 Å². The lowest BCUT2D eigenvalue weighted by atomic mass is 10.1. The van der Waals surface area contributed by atoms with Gasteiger partial charge in [-0.15, -0.1) is 0 Å². The zero-order valence-corrected chi connectivity index (χ0v) is 15.7. The fourth-order valence-electron chi connectivity index (χ4n) is 2.81. The van der Waals surface area contributed by atoms with Gasteiger partial charge in [-0.25, -0.2) is 9.97 Å². The number of hydrogen-bond acceptors (Lipinski definition) is 5. The van der Waals surface area contributed by atoms with Gasteiger partial charge in [0.1, 0.15) is 17.6 Å². The second-order valence-corrected chi connectivity index (χ2v) is 6.46. The van der Waals surface area contributed by atoms with Crippen LogP contribution in [0.3, 0.4) is 0 Å². The maximum Gasteiger partial charge on any atom is 0.259 e. The van der Waals surface area contributed by atoms with E-state index in [1.165, 1.54) is 0 Å². The Hall–Kier alpha value is -3.38. The zero-order chi connectivity index (χ0) is 19.5. The number of ether oxygens (including phenoxy) is 2. The Balaban J connectivity index is 1.63. The fraction of sp³-hybridized carbons (Fsp3) is 0.0952. The molecule has 0 bridgehead atoms. The largest absolute Gasteiger partial charge is 0.493 e. The van der Waals surface area contributed by atoms with Crippen molar-refractivity contribution in [3.05, 3.63) is 81.9 Å². The van der Waals surface area contributed by atoms with E-state index < -0.39 is 0 Å². The van der Waals surface area contributed by atoms with Gasteiger partial charge in [-0.1, -0.05) is 29.8 Å². The molecule has 0 amide bonds. The first-order valence-electron chi connectivity index (χ1n) is 8.55. The summed E-state index contributed by atoms with van der Waals surface area (Å²) >= 11 is 5.80. The number of nitrogens with zero attached hydrogens (tertiary/aromatic N) is 2. The summed E-state index contributed by atoms with van der Waals surface area (Å²) in [6.45, 7) is 0.324. The van der Waals surface area contributed by atoms with E-state index in [0.717, 1.165) is 11.1 Å². The van der Waals surface area contributed by atoms with E-state index in [2.05, 4.69) is 15.0 Å². The first kappa shape index (κ1) is 18.0. The molecule has 0 fully saturated rings. The van der Waals surface area contributed by atoms with Crippen molar-refractivity contribution in [2.24, 2.45) is 0 Å². The van der Waals surface area contributed by atoms with Crippen LogP contribution in [-0.4, -0.2) is 22.1 Å². The first-order chi connectivity index (χ1) is 13.6. The van der Waals surface area contributed by atoms with Crippen molar-refractivity contribution in [1.82, 2.24) is 15.0 Å². The summed E-state index contributed by atoms with van der Waals surface area (Å²) in [4.78, 5) is 23.7. The van der Waals surface area contributed by atoms with Crippen LogP contribution in [0.15, 0.2) is 65.6 Å². The number of H-pyrrole nitrogens is 1. The molecular formula is C21H16ClN3O3. The minimum Gasteiger partial charge on any atom is -0.493 e. The Morgan fingerprint density at radius 2 is 1.93 bits per heavy atom. The molecule has 2 aromatic carbocycles. The molecule has 0 aliphatic heterocycles. The highest BCUT2D eigenvalue weighted by Crippen LogP contribution is 2.32. The fourth-order valence-corrected chi connectivity index (χ4v) is 2.92. The molecule has 4 rings (SSSR count). The van der Waals surface area contributed by atoms with Crippen LogP contribution in [0.1, 0.15) is 5.56 Å². The van der Waals surface area contributed by atoms with Crippen molar-refractivity contribution < 1.29 is 9.47 Å². The summed E-state index contributed by atoms with van der Waals surface area (Å²) in [7, 11) is 1.56. The molecule has 0 atom stereocenters. The van der Waals surface area contributed by atoms with E-state index in [1.54, 1.807) is 37.6 Å². The molecule has 0 aliphatic rings. The number of aromatic nitrogens is 3. The smallest absolute Gasteiger partial charge is 0.259 e. The highest BCUT2D eigenvalue weighted by Gasteiger charge is 2.11. The summed E-state index contributed by atoms with van der Waals surface area (Å²) in [5.74, 6) is 1.58. The number of fused-ring (bicyclic) bond motifs is 1. The highest BCUT2D eigenvalue weighted by molar-refractivity contribution is 6.29. The standard InChI is InChI=1S/C21H16ClN3O3/c1-27-18-10-14(20-24-16-5-3-2-4-15(16)21(26)25-20)7-8-17(18)28-12-13-6-9-19(22)23-11-13/h2-11H,12H2,1H3,(H,24,25,26). The van der Waals surface area contributed by atoms with Crippen LogP contribution >= 0.6 is 11.6 Å². The second-order valence-electron chi connectivity index (χ2n) is 6.08. The molecule has 0 aliphatic carbocycles. The number of pyridine rings is 1. The van der Waals surface area contributed by atoms with E-state index in [9.17, 15) is 4.79 Å².